The fourth-order valence-corrected chi connectivity index (χ4v) is 8.64. The number of para-hydroxylation sites is 2. The Bertz CT molecular complexity index is 3380. The van der Waals surface area contributed by atoms with Crippen LogP contribution in [0.4, 0.5) is 0 Å². The van der Waals surface area contributed by atoms with Gasteiger partial charge in [0.05, 0.1) is 0 Å². The maximum absolute atomic E-state index is 6.83. The van der Waals surface area contributed by atoms with Gasteiger partial charge in [-0.1, -0.05) is 152 Å². The third-order valence-electron chi connectivity index (χ3n) is 11.3. The Hall–Kier alpha value is -7.50. The molecular formula is C51H31N3O2. The summed E-state index contributed by atoms with van der Waals surface area (Å²) in [7, 11) is 0. The lowest BCUT2D eigenvalue weighted by Gasteiger charge is -2.23. The monoisotopic (exact) mass is 717 g/mol. The van der Waals surface area contributed by atoms with Gasteiger partial charge >= 0.3 is 0 Å². The molecule has 11 aromatic rings. The minimum absolute atomic E-state index is 0.528. The Morgan fingerprint density at radius 1 is 0.393 bits per heavy atom. The van der Waals surface area contributed by atoms with E-state index in [-0.39, 0.29) is 0 Å². The molecule has 12 rings (SSSR count). The molecular weight excluding hydrogens is 687 g/mol. The summed E-state index contributed by atoms with van der Waals surface area (Å²) in [5.74, 6) is 1.54. The summed E-state index contributed by atoms with van der Waals surface area (Å²) in [5, 5.41) is 14.9. The van der Waals surface area contributed by atoms with Gasteiger partial charge in [-0.3, -0.25) is 0 Å². The van der Waals surface area contributed by atoms with Crippen LogP contribution in [0, 0.1) is 0 Å². The number of hydrogen-bond acceptors (Lipinski definition) is 5. The lowest BCUT2D eigenvalue weighted by atomic mass is 9.97. The third-order valence-corrected chi connectivity index (χ3v) is 11.3. The molecule has 0 atom stereocenters. The first kappa shape index (κ1) is 30.9. The summed E-state index contributed by atoms with van der Waals surface area (Å²) < 4.78 is 13.5. The molecule has 1 N–H and O–H groups in total. The van der Waals surface area contributed by atoms with Gasteiger partial charge in [-0.05, 0) is 56.6 Å². The van der Waals surface area contributed by atoms with Crippen molar-refractivity contribution < 1.29 is 8.83 Å². The van der Waals surface area contributed by atoms with Crippen LogP contribution in [0.2, 0.25) is 0 Å². The highest BCUT2D eigenvalue weighted by Crippen LogP contribution is 2.44. The van der Waals surface area contributed by atoms with E-state index in [1.807, 2.05) is 12.1 Å². The van der Waals surface area contributed by atoms with Crippen molar-refractivity contribution in [2.45, 2.75) is 6.17 Å². The Labute approximate surface area is 320 Å². The average Bonchev–Trinajstić information content (AvgIpc) is 3.85. The highest BCUT2D eigenvalue weighted by Gasteiger charge is 2.26. The standard InChI is InChI=1S/C51H31N3O2/c1-3-13-33-28-35(24-22-30(33)10-1)49-52-50(36-25-23-31-11-2-4-14-34(31)29-36)54-51(53-49)42-20-9-21-43-46(42)41-19-8-17-39(48(41)55-43)38-16-7-18-40-45-37-15-6-5-12-32(37)26-27-44(45)56-47(38)40/h1-29,51H,(H,52,53,54). The molecule has 0 bridgehead atoms. The van der Waals surface area contributed by atoms with Gasteiger partial charge in [0, 0.05) is 49.4 Å². The van der Waals surface area contributed by atoms with E-state index in [4.69, 9.17) is 18.8 Å². The van der Waals surface area contributed by atoms with Crippen molar-refractivity contribution in [3.05, 3.63) is 193 Å². The third kappa shape index (κ3) is 4.74. The van der Waals surface area contributed by atoms with Crippen LogP contribution < -0.4 is 5.32 Å². The van der Waals surface area contributed by atoms with E-state index >= 15 is 0 Å². The predicted molar refractivity (Wildman–Crippen MR) is 231 cm³/mol. The summed E-state index contributed by atoms with van der Waals surface area (Å²) in [6.45, 7) is 0. The van der Waals surface area contributed by atoms with Crippen LogP contribution in [0.5, 0.6) is 0 Å². The van der Waals surface area contributed by atoms with E-state index in [9.17, 15) is 0 Å². The fourth-order valence-electron chi connectivity index (χ4n) is 8.64. The lowest BCUT2D eigenvalue weighted by molar-refractivity contribution is 0.664. The Kier molecular flexibility index (Phi) is 6.63. The molecule has 1 aliphatic rings. The van der Waals surface area contributed by atoms with Crippen molar-refractivity contribution in [1.82, 2.24) is 5.32 Å². The molecule has 2 aromatic heterocycles. The molecule has 0 saturated heterocycles. The minimum atomic E-state index is -0.528. The molecule has 0 spiro atoms. The summed E-state index contributed by atoms with van der Waals surface area (Å²) >= 11 is 0. The van der Waals surface area contributed by atoms with E-state index in [0.717, 1.165) is 94.1 Å². The summed E-state index contributed by atoms with van der Waals surface area (Å²) in [6.07, 6.45) is -0.528. The molecule has 5 heteroatoms. The van der Waals surface area contributed by atoms with Gasteiger partial charge < -0.3 is 14.2 Å². The first-order valence-corrected chi connectivity index (χ1v) is 18.9. The van der Waals surface area contributed by atoms with Gasteiger partial charge in [-0.2, -0.15) is 0 Å². The Morgan fingerprint density at radius 3 is 1.54 bits per heavy atom. The van der Waals surface area contributed by atoms with Crippen LogP contribution in [-0.2, 0) is 0 Å². The van der Waals surface area contributed by atoms with Crippen molar-refractivity contribution in [3.8, 4) is 11.1 Å². The number of furan rings is 2. The molecule has 0 aliphatic carbocycles. The molecule has 0 radical (unpaired) electrons. The molecule has 9 aromatic carbocycles. The Balaban J connectivity index is 1.05. The topological polar surface area (TPSA) is 63.0 Å². The van der Waals surface area contributed by atoms with Crippen LogP contribution in [0.3, 0.4) is 0 Å². The van der Waals surface area contributed by atoms with Crippen molar-refractivity contribution >= 4 is 87.9 Å². The number of fused-ring (bicyclic) bond motifs is 10. The van der Waals surface area contributed by atoms with Gasteiger partial charge in [0.15, 0.2) is 6.17 Å². The number of rotatable bonds is 4. The van der Waals surface area contributed by atoms with Gasteiger partial charge in [0.25, 0.3) is 0 Å². The number of benzene rings is 9. The minimum Gasteiger partial charge on any atom is -0.455 e. The number of nitrogens with one attached hydrogen (secondary N) is 1. The maximum atomic E-state index is 6.83. The second kappa shape index (κ2) is 12.0. The highest BCUT2D eigenvalue weighted by molar-refractivity contribution is 6.22. The number of amidine groups is 2. The maximum Gasteiger partial charge on any atom is 0.170 e. The number of hydrogen-bond donors (Lipinski definition) is 1. The van der Waals surface area contributed by atoms with Gasteiger partial charge in [-0.15, -0.1) is 0 Å². The first-order chi connectivity index (χ1) is 27.7. The molecule has 5 nitrogen and oxygen atoms in total. The largest absolute Gasteiger partial charge is 0.455 e. The van der Waals surface area contributed by atoms with E-state index < -0.39 is 6.17 Å². The van der Waals surface area contributed by atoms with Crippen molar-refractivity contribution in [1.29, 1.82) is 0 Å². The predicted octanol–water partition coefficient (Wildman–Crippen LogP) is 13.1. The van der Waals surface area contributed by atoms with E-state index in [2.05, 4.69) is 169 Å². The van der Waals surface area contributed by atoms with Crippen LogP contribution in [0.15, 0.2) is 195 Å². The molecule has 56 heavy (non-hydrogen) atoms. The molecule has 0 fully saturated rings. The molecule has 3 heterocycles. The van der Waals surface area contributed by atoms with Crippen molar-refractivity contribution in [3.63, 3.8) is 0 Å². The van der Waals surface area contributed by atoms with Crippen LogP contribution in [-0.4, -0.2) is 11.7 Å². The van der Waals surface area contributed by atoms with Gasteiger partial charge in [0.2, 0.25) is 0 Å². The molecule has 1 aliphatic heterocycles. The molecule has 0 unspecified atom stereocenters. The van der Waals surface area contributed by atoms with Crippen LogP contribution >= 0.6 is 0 Å². The average molecular weight is 718 g/mol. The summed E-state index contributed by atoms with van der Waals surface area (Å²) in [5.41, 5.74) is 8.25. The smallest absolute Gasteiger partial charge is 0.170 e. The zero-order chi connectivity index (χ0) is 36.7. The van der Waals surface area contributed by atoms with Crippen LogP contribution in [0.25, 0.3) is 87.3 Å². The lowest BCUT2D eigenvalue weighted by Crippen LogP contribution is -2.36. The molecule has 262 valence electrons. The van der Waals surface area contributed by atoms with Gasteiger partial charge in [0.1, 0.15) is 34.0 Å². The Morgan fingerprint density at radius 2 is 0.893 bits per heavy atom. The number of nitrogens with zero attached hydrogens (tertiary/aromatic N) is 2. The second-order valence-electron chi connectivity index (χ2n) is 14.5. The van der Waals surface area contributed by atoms with E-state index in [1.165, 1.54) is 21.5 Å². The van der Waals surface area contributed by atoms with Crippen molar-refractivity contribution in [2.75, 3.05) is 0 Å². The summed E-state index contributed by atoms with van der Waals surface area (Å²) in [6, 6.07) is 61.5. The molecule has 0 saturated carbocycles. The van der Waals surface area contributed by atoms with Crippen molar-refractivity contribution in [2.24, 2.45) is 9.98 Å². The highest BCUT2D eigenvalue weighted by atomic mass is 16.3. The number of aliphatic imine (C=N–C) groups is 2. The first-order valence-electron chi connectivity index (χ1n) is 18.9. The summed E-state index contributed by atoms with van der Waals surface area (Å²) in [4.78, 5) is 10.7. The van der Waals surface area contributed by atoms with Gasteiger partial charge in [-0.25, -0.2) is 9.98 Å². The van der Waals surface area contributed by atoms with E-state index in [1.54, 1.807) is 0 Å². The fraction of sp³-hybridized carbons (Fsp3) is 0.0196. The second-order valence-corrected chi connectivity index (χ2v) is 14.5. The zero-order valence-corrected chi connectivity index (χ0v) is 30.0. The zero-order valence-electron chi connectivity index (χ0n) is 30.0. The van der Waals surface area contributed by atoms with E-state index in [0.29, 0.717) is 0 Å². The SMILES string of the molecule is c1ccc2cc(C3=NC(c4cccc5oc6c(-c7cccc8c7oc7ccc9ccccc9c78)cccc6c45)N=C(c4ccc5ccccc5c4)N3)ccc2c1. The molecule has 0 amide bonds. The quantitative estimate of drug-likeness (QED) is 0.197. The normalized spacial score (nSPS) is 13.6. The van der Waals surface area contributed by atoms with Crippen LogP contribution in [0.1, 0.15) is 22.9 Å².